The molecule has 0 bridgehead atoms. The zero-order valence-corrected chi connectivity index (χ0v) is 12.6. The third-order valence-corrected chi connectivity index (χ3v) is 4.36. The first-order valence-corrected chi connectivity index (χ1v) is 7.47. The van der Waals surface area contributed by atoms with Gasteiger partial charge < -0.3 is 4.90 Å². The molecule has 0 spiro atoms. The van der Waals surface area contributed by atoms with Crippen LogP contribution in [0.4, 0.5) is 8.78 Å². The van der Waals surface area contributed by atoms with Gasteiger partial charge in [0.25, 0.3) is 5.91 Å². The maximum absolute atomic E-state index is 12.8. The molecule has 22 heavy (non-hydrogen) atoms. The number of imidazole rings is 1. The fraction of sp³-hybridized carbons (Fsp3) is 0.200. The van der Waals surface area contributed by atoms with Crippen LogP contribution in [-0.2, 0) is 6.54 Å². The van der Waals surface area contributed by atoms with Crippen LogP contribution in [0.15, 0.2) is 42.0 Å². The van der Waals surface area contributed by atoms with Gasteiger partial charge in [-0.25, -0.2) is 4.98 Å². The molecule has 0 saturated heterocycles. The second-order valence-corrected chi connectivity index (χ2v) is 5.75. The fourth-order valence-electron chi connectivity index (χ4n) is 2.28. The Hall–Kier alpha value is -2.28. The zero-order valence-electron chi connectivity index (χ0n) is 11.7. The summed E-state index contributed by atoms with van der Waals surface area (Å²) in [6.07, 6.45) is 2.51. The van der Waals surface area contributed by atoms with Crippen LogP contribution in [-0.4, -0.2) is 27.4 Å². The van der Waals surface area contributed by atoms with Gasteiger partial charge in [0.1, 0.15) is 5.82 Å². The predicted molar refractivity (Wildman–Crippen MR) is 81.1 cm³/mol. The molecule has 0 radical (unpaired) electrons. The summed E-state index contributed by atoms with van der Waals surface area (Å²) in [6.45, 7) is -2.64. The standard InChI is InChI=1S/C15H13F2N3OS/c1-19(8-13-18-6-7-20(13)15(16)17)14(21)11-9-22-12-5-3-2-4-10(11)12/h2-7,9,15H,8H2,1H3. The molecule has 0 aliphatic carbocycles. The number of fused-ring (bicyclic) bond motifs is 1. The summed E-state index contributed by atoms with van der Waals surface area (Å²) in [4.78, 5) is 17.8. The van der Waals surface area contributed by atoms with Crippen molar-refractivity contribution in [3.05, 3.63) is 53.4 Å². The predicted octanol–water partition coefficient (Wildman–Crippen LogP) is 3.77. The van der Waals surface area contributed by atoms with Gasteiger partial charge in [-0.3, -0.25) is 9.36 Å². The lowest BCUT2D eigenvalue weighted by Crippen LogP contribution is -2.27. The molecule has 1 amide bonds. The molecule has 3 rings (SSSR count). The second-order valence-electron chi connectivity index (χ2n) is 4.84. The highest BCUT2D eigenvalue weighted by Crippen LogP contribution is 2.26. The van der Waals surface area contributed by atoms with Gasteiger partial charge in [0, 0.05) is 34.9 Å². The minimum absolute atomic E-state index is 0.0281. The van der Waals surface area contributed by atoms with Crippen molar-refractivity contribution >= 4 is 27.3 Å². The monoisotopic (exact) mass is 321 g/mol. The molecule has 4 nitrogen and oxygen atoms in total. The Balaban J connectivity index is 1.84. The van der Waals surface area contributed by atoms with Gasteiger partial charge in [0.05, 0.1) is 12.1 Å². The van der Waals surface area contributed by atoms with E-state index in [1.165, 1.54) is 28.6 Å². The molecule has 7 heteroatoms. The highest BCUT2D eigenvalue weighted by molar-refractivity contribution is 7.17. The van der Waals surface area contributed by atoms with E-state index in [-0.39, 0.29) is 18.3 Å². The highest BCUT2D eigenvalue weighted by Gasteiger charge is 2.19. The second kappa shape index (κ2) is 5.84. The summed E-state index contributed by atoms with van der Waals surface area (Å²) < 4.78 is 27.4. The summed E-state index contributed by atoms with van der Waals surface area (Å²) in [5.41, 5.74) is 0.582. The Bertz CT molecular complexity index is 812. The van der Waals surface area contributed by atoms with E-state index in [0.717, 1.165) is 14.7 Å². The lowest BCUT2D eigenvalue weighted by molar-refractivity contribution is 0.0613. The molecule has 3 aromatic rings. The van der Waals surface area contributed by atoms with Crippen LogP contribution in [0.1, 0.15) is 22.7 Å². The van der Waals surface area contributed by atoms with E-state index in [4.69, 9.17) is 0 Å². The molecule has 2 heterocycles. The normalized spacial score (nSPS) is 11.3. The molecule has 114 valence electrons. The topological polar surface area (TPSA) is 38.1 Å². The number of carbonyl (C=O) groups is 1. The number of hydrogen-bond donors (Lipinski definition) is 0. The number of benzene rings is 1. The Kier molecular flexibility index (Phi) is 3.89. The summed E-state index contributed by atoms with van der Waals surface area (Å²) in [6, 6.07) is 7.61. The van der Waals surface area contributed by atoms with E-state index in [1.54, 1.807) is 12.4 Å². The van der Waals surface area contributed by atoms with Gasteiger partial charge in [-0.15, -0.1) is 11.3 Å². The maximum atomic E-state index is 12.8. The number of alkyl halides is 2. The average Bonchev–Trinajstić information content (AvgIpc) is 3.12. The first-order chi connectivity index (χ1) is 10.6. The van der Waals surface area contributed by atoms with Crippen molar-refractivity contribution in [2.24, 2.45) is 0 Å². The molecular formula is C15H13F2N3OS. The maximum Gasteiger partial charge on any atom is 0.319 e. The minimum atomic E-state index is -2.66. The number of amides is 1. The number of halogens is 2. The van der Waals surface area contributed by atoms with Crippen LogP contribution in [0.2, 0.25) is 0 Å². The molecule has 2 aromatic heterocycles. The Labute approximate surface area is 129 Å². The molecule has 0 N–H and O–H groups in total. The van der Waals surface area contributed by atoms with Crippen molar-refractivity contribution in [3.8, 4) is 0 Å². The van der Waals surface area contributed by atoms with Crippen LogP contribution in [0.5, 0.6) is 0 Å². The number of carbonyl (C=O) groups excluding carboxylic acids is 1. The molecular weight excluding hydrogens is 308 g/mol. The van der Waals surface area contributed by atoms with Gasteiger partial charge in [-0.05, 0) is 6.07 Å². The summed E-state index contributed by atoms with van der Waals surface area (Å²) in [5.74, 6) is -0.0494. The van der Waals surface area contributed by atoms with Gasteiger partial charge in [0.2, 0.25) is 0 Å². The number of hydrogen-bond acceptors (Lipinski definition) is 3. The Morgan fingerprint density at radius 1 is 1.41 bits per heavy atom. The third kappa shape index (κ3) is 2.59. The van der Waals surface area contributed by atoms with E-state index in [0.29, 0.717) is 5.56 Å². The van der Waals surface area contributed by atoms with Crippen LogP contribution >= 0.6 is 11.3 Å². The first-order valence-electron chi connectivity index (χ1n) is 6.59. The van der Waals surface area contributed by atoms with E-state index < -0.39 is 6.55 Å². The summed E-state index contributed by atoms with van der Waals surface area (Å²) in [5, 5.41) is 2.67. The van der Waals surface area contributed by atoms with E-state index in [9.17, 15) is 13.6 Å². The van der Waals surface area contributed by atoms with Crippen LogP contribution < -0.4 is 0 Å². The summed E-state index contributed by atoms with van der Waals surface area (Å²) in [7, 11) is 1.58. The fourth-order valence-corrected chi connectivity index (χ4v) is 3.21. The van der Waals surface area contributed by atoms with Gasteiger partial charge in [-0.2, -0.15) is 8.78 Å². The molecule has 0 fully saturated rings. The van der Waals surface area contributed by atoms with Crippen molar-refractivity contribution in [2.75, 3.05) is 7.05 Å². The number of nitrogens with zero attached hydrogens (tertiary/aromatic N) is 3. The third-order valence-electron chi connectivity index (χ3n) is 3.40. The zero-order chi connectivity index (χ0) is 15.7. The number of rotatable bonds is 4. The lowest BCUT2D eigenvalue weighted by atomic mass is 10.1. The summed E-state index contributed by atoms with van der Waals surface area (Å²) >= 11 is 1.49. The van der Waals surface area contributed by atoms with Crippen molar-refractivity contribution < 1.29 is 13.6 Å². The SMILES string of the molecule is CN(Cc1nccn1C(F)F)C(=O)c1csc2ccccc12. The van der Waals surface area contributed by atoms with Crippen LogP contribution in [0, 0.1) is 0 Å². The van der Waals surface area contributed by atoms with Gasteiger partial charge >= 0.3 is 6.55 Å². The molecule has 0 atom stereocenters. The van der Waals surface area contributed by atoms with Crippen molar-refractivity contribution in [2.45, 2.75) is 13.1 Å². The van der Waals surface area contributed by atoms with E-state index in [2.05, 4.69) is 4.98 Å². The Morgan fingerprint density at radius 2 is 2.18 bits per heavy atom. The minimum Gasteiger partial charge on any atom is -0.334 e. The molecule has 0 unspecified atom stereocenters. The van der Waals surface area contributed by atoms with Crippen molar-refractivity contribution in [1.29, 1.82) is 0 Å². The van der Waals surface area contributed by atoms with Crippen LogP contribution in [0.3, 0.4) is 0 Å². The molecule has 0 aliphatic heterocycles. The average molecular weight is 321 g/mol. The first kappa shape index (κ1) is 14.6. The van der Waals surface area contributed by atoms with Crippen LogP contribution in [0.25, 0.3) is 10.1 Å². The Morgan fingerprint density at radius 3 is 2.95 bits per heavy atom. The van der Waals surface area contributed by atoms with E-state index >= 15 is 0 Å². The van der Waals surface area contributed by atoms with Crippen molar-refractivity contribution in [3.63, 3.8) is 0 Å². The molecule has 1 aromatic carbocycles. The van der Waals surface area contributed by atoms with E-state index in [1.807, 2.05) is 24.3 Å². The smallest absolute Gasteiger partial charge is 0.319 e. The van der Waals surface area contributed by atoms with Gasteiger partial charge in [0.15, 0.2) is 0 Å². The largest absolute Gasteiger partial charge is 0.334 e. The van der Waals surface area contributed by atoms with Gasteiger partial charge in [-0.1, -0.05) is 18.2 Å². The molecule has 0 saturated carbocycles. The highest BCUT2D eigenvalue weighted by atomic mass is 32.1. The number of aromatic nitrogens is 2. The van der Waals surface area contributed by atoms with Crippen molar-refractivity contribution in [1.82, 2.24) is 14.5 Å². The molecule has 0 aliphatic rings. The quantitative estimate of drug-likeness (QED) is 0.734. The number of thiophene rings is 1. The lowest BCUT2D eigenvalue weighted by Gasteiger charge is -2.17.